The van der Waals surface area contributed by atoms with Crippen molar-refractivity contribution in [1.82, 2.24) is 0 Å². The van der Waals surface area contributed by atoms with Gasteiger partial charge in [0.25, 0.3) is 0 Å². The van der Waals surface area contributed by atoms with Gasteiger partial charge in [-0.2, -0.15) is 0 Å². The van der Waals surface area contributed by atoms with Gasteiger partial charge in [0.05, 0.1) is 12.2 Å². The molecule has 0 N–H and O–H groups in total. The van der Waals surface area contributed by atoms with Crippen molar-refractivity contribution in [2.24, 2.45) is 0 Å². The van der Waals surface area contributed by atoms with Crippen LogP contribution in [-0.2, 0) is 11.3 Å². The SMILES string of the molecule is C=CCOc1ccccc1CN(C(=O)CCCC)c1ccc2c(c1C(C)C)OCO2. The minimum atomic E-state index is 0.0936. The molecular weight excluding hydrogens is 378 g/mol. The Kier molecular flexibility index (Phi) is 7.39. The second-order valence-electron chi connectivity index (χ2n) is 7.68. The van der Waals surface area contributed by atoms with Crippen molar-refractivity contribution in [2.75, 3.05) is 18.3 Å². The number of hydrogen-bond donors (Lipinski definition) is 0. The van der Waals surface area contributed by atoms with Gasteiger partial charge < -0.3 is 19.1 Å². The van der Waals surface area contributed by atoms with Crippen LogP contribution in [0.5, 0.6) is 17.2 Å². The van der Waals surface area contributed by atoms with Gasteiger partial charge in [-0.1, -0.05) is 58.0 Å². The van der Waals surface area contributed by atoms with Crippen molar-refractivity contribution in [3.63, 3.8) is 0 Å². The van der Waals surface area contributed by atoms with Crippen LogP contribution in [0.3, 0.4) is 0 Å². The maximum absolute atomic E-state index is 13.3. The summed E-state index contributed by atoms with van der Waals surface area (Å²) in [5.41, 5.74) is 2.82. The number of carbonyl (C=O) groups is 1. The monoisotopic (exact) mass is 409 g/mol. The number of rotatable bonds is 10. The zero-order valence-electron chi connectivity index (χ0n) is 18.1. The Morgan fingerprint density at radius 2 is 2.03 bits per heavy atom. The fourth-order valence-electron chi connectivity index (χ4n) is 3.64. The number of benzene rings is 2. The number of amides is 1. The summed E-state index contributed by atoms with van der Waals surface area (Å²) in [6.07, 6.45) is 4.04. The van der Waals surface area contributed by atoms with Gasteiger partial charge in [-0.05, 0) is 30.5 Å². The molecule has 5 nitrogen and oxygen atoms in total. The molecule has 0 atom stereocenters. The highest BCUT2D eigenvalue weighted by Crippen LogP contribution is 2.45. The second-order valence-corrected chi connectivity index (χ2v) is 7.68. The molecule has 0 bridgehead atoms. The molecule has 30 heavy (non-hydrogen) atoms. The van der Waals surface area contributed by atoms with Gasteiger partial charge in [0.1, 0.15) is 12.4 Å². The van der Waals surface area contributed by atoms with Crippen molar-refractivity contribution >= 4 is 11.6 Å². The summed E-state index contributed by atoms with van der Waals surface area (Å²) in [6.45, 7) is 11.1. The summed E-state index contributed by atoms with van der Waals surface area (Å²) < 4.78 is 17.2. The van der Waals surface area contributed by atoms with Crippen molar-refractivity contribution in [3.05, 3.63) is 60.2 Å². The van der Waals surface area contributed by atoms with Gasteiger partial charge in [-0.15, -0.1) is 0 Å². The number of carbonyl (C=O) groups excluding carboxylic acids is 1. The van der Waals surface area contributed by atoms with E-state index in [0.29, 0.717) is 19.6 Å². The van der Waals surface area contributed by atoms with Crippen molar-refractivity contribution in [3.8, 4) is 17.2 Å². The molecule has 3 rings (SSSR count). The van der Waals surface area contributed by atoms with Crippen molar-refractivity contribution in [1.29, 1.82) is 0 Å². The molecule has 0 spiro atoms. The Hall–Kier alpha value is -2.95. The van der Waals surface area contributed by atoms with Crippen LogP contribution in [0.4, 0.5) is 5.69 Å². The van der Waals surface area contributed by atoms with E-state index in [1.54, 1.807) is 6.08 Å². The molecule has 0 unspecified atom stereocenters. The molecule has 0 saturated heterocycles. The highest BCUT2D eigenvalue weighted by Gasteiger charge is 2.28. The fourth-order valence-corrected chi connectivity index (χ4v) is 3.64. The maximum atomic E-state index is 13.3. The Bertz CT molecular complexity index is 891. The summed E-state index contributed by atoms with van der Waals surface area (Å²) in [5.74, 6) is 2.50. The first-order chi connectivity index (χ1) is 14.6. The fraction of sp³-hybridized carbons (Fsp3) is 0.400. The number of fused-ring (bicyclic) bond motifs is 1. The maximum Gasteiger partial charge on any atom is 0.231 e. The lowest BCUT2D eigenvalue weighted by Gasteiger charge is -2.28. The average Bonchev–Trinajstić information content (AvgIpc) is 3.22. The third kappa shape index (κ3) is 4.78. The standard InChI is InChI=1S/C25H31NO4/c1-5-7-12-23(27)26(16-19-10-8-9-11-21(19)28-15-6-2)20-13-14-22-25(30-17-29-22)24(20)18(3)4/h6,8-11,13-14,18H,2,5,7,12,15-17H2,1,3-4H3. The lowest BCUT2D eigenvalue weighted by atomic mass is 9.97. The largest absolute Gasteiger partial charge is 0.489 e. The summed E-state index contributed by atoms with van der Waals surface area (Å²) in [4.78, 5) is 15.2. The predicted molar refractivity (Wildman–Crippen MR) is 120 cm³/mol. The average molecular weight is 410 g/mol. The van der Waals surface area contributed by atoms with E-state index in [4.69, 9.17) is 14.2 Å². The lowest BCUT2D eigenvalue weighted by Crippen LogP contribution is -2.31. The molecule has 2 aromatic rings. The van der Waals surface area contributed by atoms with Crippen LogP contribution >= 0.6 is 0 Å². The van der Waals surface area contributed by atoms with Crippen LogP contribution in [0.15, 0.2) is 49.1 Å². The molecule has 5 heteroatoms. The molecule has 0 aromatic heterocycles. The second kappa shape index (κ2) is 10.2. The Morgan fingerprint density at radius 3 is 2.77 bits per heavy atom. The first-order valence-corrected chi connectivity index (χ1v) is 10.6. The van der Waals surface area contributed by atoms with E-state index in [2.05, 4.69) is 27.4 Å². The van der Waals surface area contributed by atoms with Crippen LogP contribution in [0, 0.1) is 0 Å². The van der Waals surface area contributed by atoms with Crippen LogP contribution in [0.1, 0.15) is 57.1 Å². The molecule has 1 aliphatic rings. The number of unbranched alkanes of at least 4 members (excludes halogenated alkanes) is 1. The number of anilines is 1. The third-order valence-corrected chi connectivity index (χ3v) is 5.13. The predicted octanol–water partition coefficient (Wildman–Crippen LogP) is 5.83. The van der Waals surface area contributed by atoms with Crippen molar-refractivity contribution in [2.45, 2.75) is 52.5 Å². The molecule has 160 valence electrons. The van der Waals surface area contributed by atoms with Crippen molar-refractivity contribution < 1.29 is 19.0 Å². The molecule has 1 heterocycles. The number of para-hydroxylation sites is 1. The number of nitrogens with zero attached hydrogens (tertiary/aromatic N) is 1. The first-order valence-electron chi connectivity index (χ1n) is 10.6. The lowest BCUT2D eigenvalue weighted by molar-refractivity contribution is -0.118. The van der Waals surface area contributed by atoms with E-state index < -0.39 is 0 Å². The normalized spacial score (nSPS) is 12.1. The summed E-state index contributed by atoms with van der Waals surface area (Å²) in [5, 5.41) is 0. The summed E-state index contributed by atoms with van der Waals surface area (Å²) in [6, 6.07) is 11.7. The summed E-state index contributed by atoms with van der Waals surface area (Å²) >= 11 is 0. The minimum Gasteiger partial charge on any atom is -0.489 e. The van der Waals surface area contributed by atoms with Gasteiger partial charge in [0, 0.05) is 17.5 Å². The van der Waals surface area contributed by atoms with E-state index in [1.807, 2.05) is 41.3 Å². The highest BCUT2D eigenvalue weighted by molar-refractivity contribution is 5.95. The van der Waals surface area contributed by atoms with Crippen LogP contribution in [0.2, 0.25) is 0 Å². The third-order valence-electron chi connectivity index (χ3n) is 5.13. The molecule has 2 aromatic carbocycles. The molecular formula is C25H31NO4. The quantitative estimate of drug-likeness (QED) is 0.464. The molecule has 0 aliphatic carbocycles. The van der Waals surface area contributed by atoms with E-state index in [-0.39, 0.29) is 18.6 Å². The molecule has 1 aliphatic heterocycles. The van der Waals surface area contributed by atoms with Crippen LogP contribution in [-0.4, -0.2) is 19.3 Å². The van der Waals surface area contributed by atoms with Crippen LogP contribution in [0.25, 0.3) is 0 Å². The number of hydrogen-bond acceptors (Lipinski definition) is 4. The van der Waals surface area contributed by atoms with Gasteiger partial charge in [0.2, 0.25) is 12.7 Å². The van der Waals surface area contributed by atoms with Gasteiger partial charge in [-0.25, -0.2) is 0 Å². The smallest absolute Gasteiger partial charge is 0.231 e. The van der Waals surface area contributed by atoms with E-state index >= 15 is 0 Å². The van der Waals surface area contributed by atoms with E-state index in [0.717, 1.165) is 46.9 Å². The van der Waals surface area contributed by atoms with Gasteiger partial charge >= 0.3 is 0 Å². The molecule has 0 radical (unpaired) electrons. The topological polar surface area (TPSA) is 48.0 Å². The Morgan fingerprint density at radius 1 is 1.23 bits per heavy atom. The minimum absolute atomic E-state index is 0.0936. The van der Waals surface area contributed by atoms with Gasteiger partial charge in [0.15, 0.2) is 11.5 Å². The Balaban J connectivity index is 2.03. The zero-order chi connectivity index (χ0) is 21.5. The molecule has 0 saturated carbocycles. The Labute approximate surface area is 179 Å². The zero-order valence-corrected chi connectivity index (χ0v) is 18.1. The molecule has 0 fully saturated rings. The molecule has 1 amide bonds. The highest BCUT2D eigenvalue weighted by atomic mass is 16.7. The van der Waals surface area contributed by atoms with E-state index in [1.165, 1.54) is 0 Å². The van der Waals surface area contributed by atoms with Crippen LogP contribution < -0.4 is 19.1 Å². The van der Waals surface area contributed by atoms with E-state index in [9.17, 15) is 4.79 Å². The summed E-state index contributed by atoms with van der Waals surface area (Å²) in [7, 11) is 0. The number of ether oxygens (including phenoxy) is 3. The first kappa shape index (κ1) is 21.8. The van der Waals surface area contributed by atoms with Gasteiger partial charge in [-0.3, -0.25) is 4.79 Å².